The second kappa shape index (κ2) is 11.3. The zero-order valence-electron chi connectivity index (χ0n) is 17.4. The first kappa shape index (κ1) is 23.3. The van der Waals surface area contributed by atoms with E-state index in [1.807, 2.05) is 0 Å². The van der Waals surface area contributed by atoms with Gasteiger partial charge in [-0.05, 0) is 43.7 Å². The highest BCUT2D eigenvalue weighted by atomic mass is 19.1. The average molecular weight is 424 g/mol. The van der Waals surface area contributed by atoms with Gasteiger partial charge in [-0.2, -0.15) is 0 Å². The largest absolute Gasteiger partial charge is 0.284 e. The van der Waals surface area contributed by atoms with Gasteiger partial charge in [0.15, 0.2) is 0 Å². The third kappa shape index (κ3) is 6.27. The van der Waals surface area contributed by atoms with Crippen LogP contribution in [0, 0.1) is 19.7 Å². The van der Waals surface area contributed by atoms with E-state index in [0.717, 1.165) is 0 Å². The van der Waals surface area contributed by atoms with Crippen LogP contribution < -0.4 is 11.1 Å². The number of nitrogens with zero attached hydrogens (tertiary/aromatic N) is 4. The Balaban J connectivity index is 0.000000204. The lowest BCUT2D eigenvalue weighted by molar-refractivity contribution is 0.617. The van der Waals surface area contributed by atoms with E-state index in [2.05, 4.69) is 9.97 Å². The molecule has 0 unspecified atom stereocenters. The monoisotopic (exact) mass is 424 g/mol. The van der Waals surface area contributed by atoms with Gasteiger partial charge in [-0.1, -0.05) is 18.2 Å². The molecule has 0 saturated carbocycles. The molecule has 0 saturated heterocycles. The van der Waals surface area contributed by atoms with Gasteiger partial charge in [0.05, 0.1) is 30.9 Å². The van der Waals surface area contributed by atoms with E-state index in [1.165, 1.54) is 27.3 Å². The normalized spacial score (nSPS) is 9.71. The number of pyridine rings is 2. The molecule has 3 aromatic heterocycles. The van der Waals surface area contributed by atoms with E-state index < -0.39 is 0 Å². The molecule has 6 nitrogen and oxygen atoms in total. The van der Waals surface area contributed by atoms with E-state index in [-0.39, 0.29) is 16.9 Å². The van der Waals surface area contributed by atoms with Crippen molar-refractivity contribution < 1.29 is 8.78 Å². The highest BCUT2D eigenvalue weighted by Gasteiger charge is 2.02. The molecule has 0 amide bonds. The lowest BCUT2D eigenvalue weighted by atomic mass is 10.2. The molecule has 0 fully saturated rings. The van der Waals surface area contributed by atoms with Crippen molar-refractivity contribution in [3.8, 4) is 11.4 Å². The van der Waals surface area contributed by atoms with Crippen LogP contribution in [0.5, 0.6) is 0 Å². The smallest absolute Gasteiger partial charge is 0.255 e. The summed E-state index contributed by atoms with van der Waals surface area (Å²) in [6, 6.07) is 14.6. The fourth-order valence-electron chi connectivity index (χ4n) is 2.52. The fourth-order valence-corrected chi connectivity index (χ4v) is 2.52. The summed E-state index contributed by atoms with van der Waals surface area (Å²) >= 11 is 0. The zero-order chi connectivity index (χ0) is 22.8. The molecule has 0 radical (unpaired) electrons. The van der Waals surface area contributed by atoms with Crippen LogP contribution in [0.3, 0.4) is 0 Å². The second-order valence-corrected chi connectivity index (χ2v) is 6.24. The number of alkyl halides is 1. The standard InChI is InChI=1S/C12H10FNO.C10H9N3O.CH3F/c1-9-5-6-10(8-11(9)13)14-7-3-2-4-12(14)15;1-8-11-6-9(7-12-8)13-5-3-2-4-10(13)14;1-2/h2-8H,1H3;2-7H,1H3;1H3. The van der Waals surface area contributed by atoms with E-state index in [1.54, 1.807) is 75.0 Å². The average Bonchev–Trinajstić information content (AvgIpc) is 2.79. The fraction of sp³-hybridized carbons (Fsp3) is 0.130. The first-order valence-electron chi connectivity index (χ1n) is 9.24. The first-order chi connectivity index (χ1) is 15.0. The minimum Gasteiger partial charge on any atom is -0.284 e. The number of hydrogen-bond donors (Lipinski definition) is 0. The Hall–Kier alpha value is -3.94. The molecule has 4 rings (SSSR count). The molecule has 0 aliphatic carbocycles. The van der Waals surface area contributed by atoms with Crippen molar-refractivity contribution in [3.63, 3.8) is 0 Å². The van der Waals surface area contributed by atoms with Gasteiger partial charge >= 0.3 is 0 Å². The summed E-state index contributed by atoms with van der Waals surface area (Å²) in [5, 5.41) is 0. The summed E-state index contributed by atoms with van der Waals surface area (Å²) in [6.45, 7) is 3.49. The topological polar surface area (TPSA) is 69.8 Å². The molecular weight excluding hydrogens is 402 g/mol. The van der Waals surface area contributed by atoms with Gasteiger partial charge in [0, 0.05) is 24.5 Å². The number of benzene rings is 1. The maximum Gasteiger partial charge on any atom is 0.255 e. The maximum atomic E-state index is 13.3. The lowest BCUT2D eigenvalue weighted by Crippen LogP contribution is -2.15. The SMILES string of the molecule is CF.Cc1ccc(-n2ccccc2=O)cc1F.Cc1ncc(-n2ccccc2=O)cn1. The van der Waals surface area contributed by atoms with Crippen LogP contribution in [0.1, 0.15) is 11.4 Å². The van der Waals surface area contributed by atoms with Gasteiger partial charge in [-0.3, -0.25) is 23.1 Å². The van der Waals surface area contributed by atoms with Gasteiger partial charge in [-0.15, -0.1) is 0 Å². The van der Waals surface area contributed by atoms with Crippen LogP contribution in [-0.2, 0) is 0 Å². The Morgan fingerprint density at radius 2 is 1.26 bits per heavy atom. The molecule has 0 aliphatic rings. The van der Waals surface area contributed by atoms with Crippen LogP contribution in [0.2, 0.25) is 0 Å². The molecule has 0 bridgehead atoms. The number of hydrogen-bond acceptors (Lipinski definition) is 4. The predicted molar refractivity (Wildman–Crippen MR) is 116 cm³/mol. The van der Waals surface area contributed by atoms with Crippen molar-refractivity contribution in [2.24, 2.45) is 0 Å². The Morgan fingerprint density at radius 3 is 1.74 bits per heavy atom. The number of aromatic nitrogens is 4. The van der Waals surface area contributed by atoms with E-state index in [0.29, 0.717) is 29.9 Å². The van der Waals surface area contributed by atoms with Gasteiger partial charge < -0.3 is 0 Å². The Labute approximate surface area is 178 Å². The molecule has 31 heavy (non-hydrogen) atoms. The van der Waals surface area contributed by atoms with Crippen LogP contribution in [0.25, 0.3) is 11.4 Å². The molecular formula is C23H22F2N4O2. The van der Waals surface area contributed by atoms with Gasteiger partial charge in [0.2, 0.25) is 0 Å². The van der Waals surface area contributed by atoms with Crippen LogP contribution >= 0.6 is 0 Å². The molecule has 160 valence electrons. The molecule has 0 N–H and O–H groups in total. The van der Waals surface area contributed by atoms with Gasteiger partial charge in [0.1, 0.15) is 11.6 Å². The second-order valence-electron chi connectivity index (χ2n) is 6.24. The summed E-state index contributed by atoms with van der Waals surface area (Å²) in [7, 11) is 0.500. The molecule has 0 atom stereocenters. The van der Waals surface area contributed by atoms with E-state index in [9.17, 15) is 18.4 Å². The van der Waals surface area contributed by atoms with Crippen LogP contribution in [0.15, 0.2) is 89.0 Å². The van der Waals surface area contributed by atoms with Crippen molar-refractivity contribution >= 4 is 0 Å². The molecule has 8 heteroatoms. The zero-order valence-corrected chi connectivity index (χ0v) is 17.4. The number of aryl methyl sites for hydroxylation is 2. The molecule has 3 heterocycles. The van der Waals surface area contributed by atoms with Crippen molar-refractivity contribution in [3.05, 3.63) is 117 Å². The van der Waals surface area contributed by atoms with Crippen molar-refractivity contribution in [2.75, 3.05) is 7.18 Å². The third-order valence-corrected chi connectivity index (χ3v) is 4.12. The summed E-state index contributed by atoms with van der Waals surface area (Å²) in [5.74, 6) is 0.390. The van der Waals surface area contributed by atoms with Crippen LogP contribution in [0.4, 0.5) is 8.78 Å². The van der Waals surface area contributed by atoms with Crippen molar-refractivity contribution in [1.82, 2.24) is 19.1 Å². The molecule has 4 aromatic rings. The minimum absolute atomic E-state index is 0.0834. The highest BCUT2D eigenvalue weighted by molar-refractivity contribution is 5.35. The summed E-state index contributed by atoms with van der Waals surface area (Å²) in [4.78, 5) is 30.9. The molecule has 0 spiro atoms. The summed E-state index contributed by atoms with van der Waals surface area (Å²) < 4.78 is 25.7. The highest BCUT2D eigenvalue weighted by Crippen LogP contribution is 2.11. The van der Waals surface area contributed by atoms with Gasteiger partial charge in [0.25, 0.3) is 11.1 Å². The van der Waals surface area contributed by atoms with Gasteiger partial charge in [-0.25, -0.2) is 14.4 Å². The molecule has 0 aliphatic heterocycles. The Bertz CT molecular complexity index is 1240. The lowest BCUT2D eigenvalue weighted by Gasteiger charge is -2.05. The van der Waals surface area contributed by atoms with Crippen molar-refractivity contribution in [1.29, 1.82) is 0 Å². The van der Waals surface area contributed by atoms with E-state index >= 15 is 0 Å². The van der Waals surface area contributed by atoms with Crippen LogP contribution in [-0.4, -0.2) is 26.3 Å². The quantitative estimate of drug-likeness (QED) is 0.491. The van der Waals surface area contributed by atoms with E-state index in [4.69, 9.17) is 0 Å². The Morgan fingerprint density at radius 1 is 0.742 bits per heavy atom. The first-order valence-corrected chi connectivity index (χ1v) is 9.24. The third-order valence-electron chi connectivity index (χ3n) is 4.12. The summed E-state index contributed by atoms with van der Waals surface area (Å²) in [6.07, 6.45) is 6.57. The predicted octanol–water partition coefficient (Wildman–Crippen LogP) is 3.81. The number of halogens is 2. The summed E-state index contributed by atoms with van der Waals surface area (Å²) in [5.41, 5.74) is 1.55. The Kier molecular flexibility index (Phi) is 8.51. The molecule has 1 aromatic carbocycles. The minimum atomic E-state index is -0.303. The number of rotatable bonds is 2. The van der Waals surface area contributed by atoms with Crippen molar-refractivity contribution in [2.45, 2.75) is 13.8 Å². The maximum absolute atomic E-state index is 13.3.